The number of nitrogens with zero attached hydrogens (tertiary/aromatic N) is 2. The summed E-state index contributed by atoms with van der Waals surface area (Å²) in [5.74, 6) is -0.990. The fraction of sp³-hybridized carbons (Fsp3) is 0.0227. The molecule has 0 amide bonds. The van der Waals surface area contributed by atoms with E-state index in [1.54, 1.807) is 18.2 Å². The second kappa shape index (κ2) is 10.6. The number of rotatable bonds is 4. The number of hydrogen-bond acceptors (Lipinski definition) is 2. The van der Waals surface area contributed by atoms with Crippen molar-refractivity contribution in [3.8, 4) is 39.4 Å². The fourth-order valence-corrected chi connectivity index (χ4v) is 7.89. The van der Waals surface area contributed by atoms with Gasteiger partial charge in [-0.25, -0.2) is 8.78 Å². The van der Waals surface area contributed by atoms with E-state index in [9.17, 15) is 14.0 Å². The predicted octanol–water partition coefficient (Wildman–Crippen LogP) is 11.3. The SMILES string of the molecule is N#Cc1ccc(N(c2cccc(-c3cc(F)ccc3F)c2)c2ccc3c(c2)C2(c4ccccc4-c4ccccc42)c2ccccc2-3)cc1. The Labute approximate surface area is 277 Å². The number of benzene rings is 7. The Morgan fingerprint density at radius 2 is 1.02 bits per heavy atom. The molecule has 4 heteroatoms. The van der Waals surface area contributed by atoms with Gasteiger partial charge >= 0.3 is 0 Å². The topological polar surface area (TPSA) is 27.0 Å². The highest BCUT2D eigenvalue weighted by molar-refractivity contribution is 5.96. The molecule has 0 radical (unpaired) electrons. The van der Waals surface area contributed by atoms with Crippen molar-refractivity contribution in [3.63, 3.8) is 0 Å². The van der Waals surface area contributed by atoms with Crippen LogP contribution < -0.4 is 4.90 Å². The van der Waals surface area contributed by atoms with E-state index in [1.807, 2.05) is 30.3 Å². The number of hydrogen-bond donors (Lipinski definition) is 0. The maximum atomic E-state index is 15.0. The first-order valence-electron chi connectivity index (χ1n) is 15.9. The van der Waals surface area contributed by atoms with Crippen LogP contribution in [0.1, 0.15) is 27.8 Å². The summed E-state index contributed by atoms with van der Waals surface area (Å²) in [7, 11) is 0. The molecule has 0 aromatic heterocycles. The van der Waals surface area contributed by atoms with Crippen molar-refractivity contribution in [1.82, 2.24) is 0 Å². The lowest BCUT2D eigenvalue weighted by atomic mass is 9.70. The predicted molar refractivity (Wildman–Crippen MR) is 187 cm³/mol. The van der Waals surface area contributed by atoms with Crippen LogP contribution in [0.5, 0.6) is 0 Å². The quantitative estimate of drug-likeness (QED) is 0.196. The smallest absolute Gasteiger partial charge is 0.131 e. The van der Waals surface area contributed by atoms with Gasteiger partial charge in [0, 0.05) is 22.6 Å². The second-order valence-electron chi connectivity index (χ2n) is 12.3. The average Bonchev–Trinajstić information content (AvgIpc) is 3.60. The molecule has 0 N–H and O–H groups in total. The van der Waals surface area contributed by atoms with Crippen molar-refractivity contribution in [2.24, 2.45) is 0 Å². The molecule has 0 saturated heterocycles. The van der Waals surface area contributed by atoms with Crippen molar-refractivity contribution < 1.29 is 8.78 Å². The van der Waals surface area contributed by atoms with Crippen LogP contribution in [-0.2, 0) is 5.41 Å². The van der Waals surface area contributed by atoms with Crippen LogP contribution >= 0.6 is 0 Å². The number of fused-ring (bicyclic) bond motifs is 10. The maximum Gasteiger partial charge on any atom is 0.131 e. The van der Waals surface area contributed by atoms with Gasteiger partial charge in [-0.1, -0.05) is 91.0 Å². The van der Waals surface area contributed by atoms with Crippen LogP contribution in [0.3, 0.4) is 0 Å². The minimum absolute atomic E-state index is 0.194. The zero-order valence-electron chi connectivity index (χ0n) is 25.7. The molecule has 0 unspecified atom stereocenters. The second-order valence-corrected chi connectivity index (χ2v) is 12.3. The van der Waals surface area contributed by atoms with Gasteiger partial charge in [-0.2, -0.15) is 5.26 Å². The van der Waals surface area contributed by atoms with E-state index in [0.29, 0.717) is 11.1 Å². The van der Waals surface area contributed by atoms with Crippen LogP contribution in [0, 0.1) is 23.0 Å². The lowest BCUT2D eigenvalue weighted by Crippen LogP contribution is -2.26. The van der Waals surface area contributed by atoms with E-state index in [2.05, 4.69) is 102 Å². The van der Waals surface area contributed by atoms with Crippen LogP contribution in [0.4, 0.5) is 25.8 Å². The van der Waals surface area contributed by atoms with Gasteiger partial charge in [0.05, 0.1) is 17.0 Å². The van der Waals surface area contributed by atoms with Crippen LogP contribution in [0.2, 0.25) is 0 Å². The molecule has 226 valence electrons. The molecule has 2 aliphatic rings. The van der Waals surface area contributed by atoms with E-state index >= 15 is 0 Å². The Bertz CT molecular complexity index is 2390. The lowest BCUT2D eigenvalue weighted by Gasteiger charge is -2.32. The van der Waals surface area contributed by atoms with Crippen molar-refractivity contribution >= 4 is 17.1 Å². The first-order chi connectivity index (χ1) is 23.6. The van der Waals surface area contributed by atoms with Gasteiger partial charge in [-0.05, 0) is 117 Å². The molecular formula is C44H26F2N2. The van der Waals surface area contributed by atoms with Crippen LogP contribution in [0.15, 0.2) is 158 Å². The molecule has 2 nitrogen and oxygen atoms in total. The standard InChI is InChI=1S/C44H26F2N2/c45-30-18-23-43(46)38(25-30)29-8-7-9-32(24-29)48(31-19-16-28(27-47)17-20-31)33-21-22-37-36-12-3-6-15-41(36)44(42(37)26-33)39-13-4-1-10-34(39)35-11-2-5-14-40(35)44/h1-26H. The monoisotopic (exact) mass is 620 g/mol. The van der Waals surface area contributed by atoms with Gasteiger partial charge in [-0.15, -0.1) is 0 Å². The summed E-state index contributed by atoms with van der Waals surface area (Å²) in [5.41, 5.74) is 13.1. The number of halogens is 2. The molecule has 1 spiro atoms. The van der Waals surface area contributed by atoms with Crippen molar-refractivity contribution in [1.29, 1.82) is 5.26 Å². The zero-order chi connectivity index (χ0) is 32.4. The largest absolute Gasteiger partial charge is 0.310 e. The Balaban J connectivity index is 1.31. The molecule has 7 aromatic carbocycles. The summed E-state index contributed by atoms with van der Waals surface area (Å²) in [4.78, 5) is 2.12. The Morgan fingerprint density at radius 3 is 1.65 bits per heavy atom. The summed E-state index contributed by atoms with van der Waals surface area (Å²) in [6, 6.07) is 53.4. The molecular weight excluding hydrogens is 594 g/mol. The van der Waals surface area contributed by atoms with Gasteiger partial charge in [0.2, 0.25) is 0 Å². The Kier molecular flexibility index (Phi) is 6.19. The minimum atomic E-state index is -0.516. The van der Waals surface area contributed by atoms with Crippen molar-refractivity contribution in [2.75, 3.05) is 4.90 Å². The molecule has 0 heterocycles. The number of anilines is 3. The van der Waals surface area contributed by atoms with Gasteiger partial charge in [0.1, 0.15) is 11.6 Å². The first-order valence-corrected chi connectivity index (χ1v) is 15.9. The summed E-state index contributed by atoms with van der Waals surface area (Å²) < 4.78 is 29.3. The third-order valence-electron chi connectivity index (χ3n) is 9.84. The molecule has 0 bridgehead atoms. The molecule has 7 aromatic rings. The molecule has 0 aliphatic heterocycles. The van der Waals surface area contributed by atoms with Gasteiger partial charge < -0.3 is 4.90 Å². The fourth-order valence-electron chi connectivity index (χ4n) is 7.89. The zero-order valence-corrected chi connectivity index (χ0v) is 25.7. The van der Waals surface area contributed by atoms with Gasteiger partial charge in [0.15, 0.2) is 0 Å². The highest BCUT2D eigenvalue weighted by atomic mass is 19.1. The van der Waals surface area contributed by atoms with Crippen molar-refractivity contribution in [3.05, 3.63) is 197 Å². The van der Waals surface area contributed by atoms with E-state index in [4.69, 9.17) is 0 Å². The van der Waals surface area contributed by atoms with E-state index in [0.717, 1.165) is 29.2 Å². The maximum absolute atomic E-state index is 15.0. The molecule has 2 aliphatic carbocycles. The summed E-state index contributed by atoms with van der Waals surface area (Å²) in [5, 5.41) is 9.55. The van der Waals surface area contributed by atoms with E-state index in [-0.39, 0.29) is 5.56 Å². The highest BCUT2D eigenvalue weighted by Gasteiger charge is 2.51. The molecule has 0 atom stereocenters. The van der Waals surface area contributed by atoms with Crippen LogP contribution in [0.25, 0.3) is 33.4 Å². The molecule has 0 saturated carbocycles. The normalized spacial score (nSPS) is 12.9. The Hall–Kier alpha value is -6.31. The summed E-state index contributed by atoms with van der Waals surface area (Å²) >= 11 is 0. The minimum Gasteiger partial charge on any atom is -0.310 e. The summed E-state index contributed by atoms with van der Waals surface area (Å²) in [6.07, 6.45) is 0. The summed E-state index contributed by atoms with van der Waals surface area (Å²) in [6.45, 7) is 0. The van der Waals surface area contributed by atoms with E-state index < -0.39 is 17.0 Å². The van der Waals surface area contributed by atoms with Crippen LogP contribution in [-0.4, -0.2) is 0 Å². The van der Waals surface area contributed by atoms with Gasteiger partial charge in [-0.3, -0.25) is 0 Å². The van der Waals surface area contributed by atoms with Crippen molar-refractivity contribution in [2.45, 2.75) is 5.41 Å². The molecule has 9 rings (SSSR count). The van der Waals surface area contributed by atoms with Gasteiger partial charge in [0.25, 0.3) is 0 Å². The molecule has 48 heavy (non-hydrogen) atoms. The first kappa shape index (κ1) is 28.0. The third-order valence-corrected chi connectivity index (χ3v) is 9.84. The average molecular weight is 621 g/mol. The Morgan fingerprint density at radius 1 is 0.458 bits per heavy atom. The lowest BCUT2D eigenvalue weighted by molar-refractivity contribution is 0.603. The third kappa shape index (κ3) is 3.95. The molecule has 0 fully saturated rings. The number of nitriles is 1. The highest BCUT2D eigenvalue weighted by Crippen LogP contribution is 2.63. The van der Waals surface area contributed by atoms with E-state index in [1.165, 1.54) is 50.6 Å².